The number of thioether (sulfide) groups is 1. The smallest absolute Gasteiger partial charge is 0.269 e. The minimum absolute atomic E-state index is 0.0708. The van der Waals surface area contributed by atoms with Gasteiger partial charge in [0.1, 0.15) is 0 Å². The summed E-state index contributed by atoms with van der Waals surface area (Å²) in [5.41, 5.74) is 2.10. The van der Waals surface area contributed by atoms with Gasteiger partial charge in [0.05, 0.1) is 11.0 Å². The third-order valence-electron chi connectivity index (χ3n) is 4.60. The summed E-state index contributed by atoms with van der Waals surface area (Å²) < 4.78 is 0. The van der Waals surface area contributed by atoms with E-state index in [0.29, 0.717) is 13.0 Å². The average Bonchev–Trinajstić information content (AvgIpc) is 2.72. The van der Waals surface area contributed by atoms with Crippen LogP contribution in [0.3, 0.4) is 0 Å². The zero-order valence-electron chi connectivity index (χ0n) is 15.0. The van der Waals surface area contributed by atoms with Crippen LogP contribution in [0.2, 0.25) is 0 Å². The first-order valence-corrected chi connectivity index (χ1v) is 10.2. The molecule has 0 spiro atoms. The molecule has 7 heteroatoms. The minimum atomic E-state index is -0.409. The Bertz CT molecular complexity index is 762. The fraction of sp³-hybridized carbons (Fsp3) is 0.350. The molecular weight excluding hydrogens is 362 g/mol. The van der Waals surface area contributed by atoms with Gasteiger partial charge in [0.2, 0.25) is 5.91 Å². The van der Waals surface area contributed by atoms with Crippen molar-refractivity contribution in [3.05, 3.63) is 75.8 Å². The number of rotatable bonds is 7. The van der Waals surface area contributed by atoms with Crippen LogP contribution in [0.4, 0.5) is 5.69 Å². The van der Waals surface area contributed by atoms with Crippen molar-refractivity contribution in [2.24, 2.45) is 0 Å². The molecule has 1 N–H and O–H groups in total. The Morgan fingerprint density at radius 3 is 2.37 bits per heavy atom. The summed E-state index contributed by atoms with van der Waals surface area (Å²) in [6.45, 7) is 2.06. The molecule has 2 aromatic rings. The molecule has 27 heavy (non-hydrogen) atoms. The van der Waals surface area contributed by atoms with Gasteiger partial charge in [-0.05, 0) is 17.5 Å². The summed E-state index contributed by atoms with van der Waals surface area (Å²) in [7, 11) is 0. The summed E-state index contributed by atoms with van der Waals surface area (Å²) in [6, 6.07) is 16.1. The number of hydrogen-bond acceptors (Lipinski definition) is 5. The van der Waals surface area contributed by atoms with Gasteiger partial charge >= 0.3 is 0 Å². The topological polar surface area (TPSA) is 75.5 Å². The van der Waals surface area contributed by atoms with E-state index in [-0.39, 0.29) is 17.6 Å². The monoisotopic (exact) mass is 385 g/mol. The molecule has 0 aromatic heterocycles. The predicted octanol–water partition coefficient (Wildman–Crippen LogP) is 2.87. The van der Waals surface area contributed by atoms with Gasteiger partial charge in [-0.25, -0.2) is 0 Å². The fourth-order valence-electron chi connectivity index (χ4n) is 3.08. The first-order chi connectivity index (χ1) is 13.1. The van der Waals surface area contributed by atoms with Crippen LogP contribution < -0.4 is 5.32 Å². The Balaban J connectivity index is 1.68. The Morgan fingerprint density at radius 2 is 1.74 bits per heavy atom. The molecule has 3 rings (SSSR count). The van der Waals surface area contributed by atoms with Gasteiger partial charge in [-0.15, -0.1) is 0 Å². The highest BCUT2D eigenvalue weighted by Gasteiger charge is 2.25. The van der Waals surface area contributed by atoms with Crippen LogP contribution in [-0.4, -0.2) is 46.4 Å². The van der Waals surface area contributed by atoms with Gasteiger partial charge in [0, 0.05) is 43.3 Å². The maximum atomic E-state index is 13.0. The molecule has 6 nitrogen and oxygen atoms in total. The first-order valence-electron chi connectivity index (χ1n) is 9.00. The second-order valence-electron chi connectivity index (χ2n) is 6.48. The zero-order valence-corrected chi connectivity index (χ0v) is 15.9. The summed E-state index contributed by atoms with van der Waals surface area (Å²) >= 11 is 1.88. The van der Waals surface area contributed by atoms with Crippen molar-refractivity contribution in [2.75, 3.05) is 24.6 Å². The molecule has 1 heterocycles. The van der Waals surface area contributed by atoms with Crippen molar-refractivity contribution in [3.8, 4) is 0 Å². The van der Waals surface area contributed by atoms with Crippen LogP contribution >= 0.6 is 11.8 Å². The summed E-state index contributed by atoms with van der Waals surface area (Å²) in [5, 5.41) is 14.1. The van der Waals surface area contributed by atoms with E-state index >= 15 is 0 Å². The lowest BCUT2D eigenvalue weighted by Crippen LogP contribution is -2.50. The molecule has 2 aromatic carbocycles. The lowest BCUT2D eigenvalue weighted by molar-refractivity contribution is -0.384. The van der Waals surface area contributed by atoms with E-state index < -0.39 is 4.92 Å². The molecule has 1 atom stereocenters. The van der Waals surface area contributed by atoms with Crippen molar-refractivity contribution < 1.29 is 9.72 Å². The first kappa shape index (κ1) is 19.4. The van der Waals surface area contributed by atoms with E-state index in [2.05, 4.69) is 5.32 Å². The molecule has 1 fully saturated rings. The summed E-state index contributed by atoms with van der Waals surface area (Å²) in [6.07, 6.45) is 0.621. The van der Waals surface area contributed by atoms with E-state index in [1.165, 1.54) is 12.1 Å². The second kappa shape index (κ2) is 9.53. The van der Waals surface area contributed by atoms with Gasteiger partial charge in [-0.2, -0.15) is 11.8 Å². The van der Waals surface area contributed by atoms with E-state index in [4.69, 9.17) is 0 Å². The normalized spacial score (nSPS) is 15.3. The zero-order chi connectivity index (χ0) is 19.1. The number of hydrogen-bond donors (Lipinski definition) is 1. The van der Waals surface area contributed by atoms with Crippen LogP contribution in [0.25, 0.3) is 0 Å². The van der Waals surface area contributed by atoms with Crippen molar-refractivity contribution in [1.82, 2.24) is 10.2 Å². The Labute approximate surface area is 163 Å². The predicted molar refractivity (Wildman–Crippen MR) is 108 cm³/mol. The molecule has 0 radical (unpaired) electrons. The van der Waals surface area contributed by atoms with E-state index in [0.717, 1.165) is 35.7 Å². The number of nitrogens with zero attached hydrogens (tertiary/aromatic N) is 2. The summed E-state index contributed by atoms with van der Waals surface area (Å²) in [4.78, 5) is 25.3. The van der Waals surface area contributed by atoms with Crippen LogP contribution in [0, 0.1) is 10.1 Å². The minimum Gasteiger partial charge on any atom is -0.340 e. The molecule has 1 unspecified atom stereocenters. The Morgan fingerprint density at radius 1 is 1.07 bits per heavy atom. The average molecular weight is 385 g/mol. The number of nitro benzene ring substituents is 1. The maximum absolute atomic E-state index is 13.0. The van der Waals surface area contributed by atoms with Crippen molar-refractivity contribution in [3.63, 3.8) is 0 Å². The number of nitro groups is 1. The van der Waals surface area contributed by atoms with Gasteiger partial charge < -0.3 is 10.2 Å². The van der Waals surface area contributed by atoms with Gasteiger partial charge in [0.15, 0.2) is 0 Å². The highest BCUT2D eigenvalue weighted by molar-refractivity contribution is 7.99. The third-order valence-corrected chi connectivity index (χ3v) is 5.55. The summed E-state index contributed by atoms with van der Waals surface area (Å²) in [5.74, 6) is 2.08. The molecule has 0 aliphatic carbocycles. The standard InChI is InChI=1S/C20H23N3O3S/c24-20(22-10-12-27-13-11-22)19(14-16-4-2-1-3-5-16)21-15-17-6-8-18(9-7-17)23(25)26/h1-9,19,21H,10-15H2. The number of carbonyl (C=O) groups excluding carboxylic acids is 1. The van der Waals surface area contributed by atoms with E-state index in [1.807, 2.05) is 47.0 Å². The second-order valence-corrected chi connectivity index (χ2v) is 7.71. The Kier molecular flexibility index (Phi) is 6.84. The molecule has 0 bridgehead atoms. The molecule has 1 amide bonds. The third kappa shape index (κ3) is 5.55. The van der Waals surface area contributed by atoms with E-state index in [1.54, 1.807) is 12.1 Å². The molecule has 1 saturated heterocycles. The largest absolute Gasteiger partial charge is 0.340 e. The number of non-ortho nitro benzene ring substituents is 1. The number of amides is 1. The molecule has 142 valence electrons. The van der Waals surface area contributed by atoms with Crippen LogP contribution in [0.5, 0.6) is 0 Å². The fourth-order valence-corrected chi connectivity index (χ4v) is 3.98. The van der Waals surface area contributed by atoms with Crippen molar-refractivity contribution in [2.45, 2.75) is 19.0 Å². The quantitative estimate of drug-likeness (QED) is 0.586. The van der Waals surface area contributed by atoms with Crippen LogP contribution in [-0.2, 0) is 17.8 Å². The highest BCUT2D eigenvalue weighted by atomic mass is 32.2. The number of carbonyl (C=O) groups is 1. The molecule has 1 aliphatic heterocycles. The molecule has 1 aliphatic rings. The lowest BCUT2D eigenvalue weighted by Gasteiger charge is -2.30. The van der Waals surface area contributed by atoms with Gasteiger partial charge in [-0.3, -0.25) is 14.9 Å². The maximum Gasteiger partial charge on any atom is 0.269 e. The molecular formula is C20H23N3O3S. The SMILES string of the molecule is O=C(C(Cc1ccccc1)NCc1ccc([N+](=O)[O-])cc1)N1CCSCC1. The lowest BCUT2D eigenvalue weighted by atomic mass is 10.0. The molecule has 0 saturated carbocycles. The van der Waals surface area contributed by atoms with Gasteiger partial charge in [0.25, 0.3) is 5.69 Å². The highest BCUT2D eigenvalue weighted by Crippen LogP contribution is 2.15. The Hall–Kier alpha value is -2.38. The van der Waals surface area contributed by atoms with Crippen LogP contribution in [0.1, 0.15) is 11.1 Å². The van der Waals surface area contributed by atoms with E-state index in [9.17, 15) is 14.9 Å². The van der Waals surface area contributed by atoms with Crippen LogP contribution in [0.15, 0.2) is 54.6 Å². The van der Waals surface area contributed by atoms with Crippen molar-refractivity contribution >= 4 is 23.4 Å². The van der Waals surface area contributed by atoms with Gasteiger partial charge in [-0.1, -0.05) is 42.5 Å². The number of benzene rings is 2. The number of nitrogens with one attached hydrogen (secondary N) is 1. The van der Waals surface area contributed by atoms with Crippen molar-refractivity contribution in [1.29, 1.82) is 0 Å².